The number of halogens is 3. The first kappa shape index (κ1) is 20.3. The summed E-state index contributed by atoms with van der Waals surface area (Å²) in [5, 5.41) is 7.78. The lowest BCUT2D eigenvalue weighted by Gasteiger charge is -2.14. The number of rotatable bonds is 5. The summed E-state index contributed by atoms with van der Waals surface area (Å²) in [7, 11) is 0. The normalized spacial score (nSPS) is 14.0. The molecule has 4 rings (SSSR count). The molecule has 9 heteroatoms. The van der Waals surface area contributed by atoms with Crippen molar-refractivity contribution in [3.8, 4) is 0 Å². The maximum absolute atomic E-state index is 12.6. The van der Waals surface area contributed by atoms with Crippen LogP contribution in [-0.4, -0.2) is 26.6 Å². The first-order valence-electron chi connectivity index (χ1n) is 9.10. The van der Waals surface area contributed by atoms with Gasteiger partial charge < -0.3 is 4.74 Å². The first-order chi connectivity index (χ1) is 14.8. The van der Waals surface area contributed by atoms with Crippen LogP contribution in [0.25, 0.3) is 12.3 Å². The monoisotopic (exact) mass is 425 g/mol. The van der Waals surface area contributed by atoms with Gasteiger partial charge in [0.1, 0.15) is 12.3 Å². The van der Waals surface area contributed by atoms with E-state index in [0.29, 0.717) is 16.8 Å². The fraction of sp³-hybridized carbons (Fsp3) is 0.0909. The molecule has 0 fully saturated rings. The van der Waals surface area contributed by atoms with Gasteiger partial charge >= 0.3 is 6.18 Å². The highest BCUT2D eigenvalue weighted by Crippen LogP contribution is 2.29. The number of fused-ring (bicyclic) bond motifs is 1. The quantitative estimate of drug-likeness (QED) is 0.606. The van der Waals surface area contributed by atoms with Crippen molar-refractivity contribution < 1.29 is 27.5 Å². The number of hydrogen-bond donors (Lipinski definition) is 0. The maximum Gasteiger partial charge on any atom is 0.416 e. The van der Waals surface area contributed by atoms with Crippen LogP contribution in [-0.2, 0) is 17.5 Å². The number of benzene rings is 2. The molecule has 0 aliphatic heterocycles. The Morgan fingerprint density at radius 2 is 1.71 bits per heavy atom. The SMILES string of the molecule is O=C1C=C(OCc2cn(/C=C/c3ccc(C(F)(F)F)cc3)nn2)C(=O)c2ccccc21. The number of nitrogens with zero attached hydrogens (tertiary/aromatic N) is 3. The molecule has 2 aromatic carbocycles. The zero-order valence-corrected chi connectivity index (χ0v) is 15.8. The molecule has 156 valence electrons. The van der Waals surface area contributed by atoms with E-state index in [-0.39, 0.29) is 29.5 Å². The van der Waals surface area contributed by atoms with Gasteiger partial charge in [-0.3, -0.25) is 9.59 Å². The lowest BCUT2D eigenvalue weighted by molar-refractivity contribution is -0.137. The molecular weight excluding hydrogens is 411 g/mol. The molecule has 0 bridgehead atoms. The minimum atomic E-state index is -4.38. The van der Waals surface area contributed by atoms with E-state index in [2.05, 4.69) is 10.3 Å². The number of carbonyl (C=O) groups is 2. The number of allylic oxidation sites excluding steroid dienone is 2. The molecule has 0 N–H and O–H groups in total. The van der Waals surface area contributed by atoms with E-state index in [1.807, 2.05) is 0 Å². The Bertz CT molecular complexity index is 1210. The van der Waals surface area contributed by atoms with E-state index in [4.69, 9.17) is 4.74 Å². The van der Waals surface area contributed by atoms with Crippen LogP contribution in [0.5, 0.6) is 0 Å². The van der Waals surface area contributed by atoms with E-state index in [1.54, 1.807) is 30.3 Å². The predicted octanol–water partition coefficient (Wildman–Crippen LogP) is 4.40. The molecule has 31 heavy (non-hydrogen) atoms. The molecular formula is C22H14F3N3O3. The number of Topliss-reactive ketones (excluding diaryl/α,β-unsaturated/α-hetero) is 1. The number of alkyl halides is 3. The van der Waals surface area contributed by atoms with Gasteiger partial charge in [-0.15, -0.1) is 5.10 Å². The maximum atomic E-state index is 12.6. The Hall–Kier alpha value is -4.01. The molecule has 1 aliphatic rings. The van der Waals surface area contributed by atoms with Gasteiger partial charge in [-0.1, -0.05) is 41.6 Å². The standard InChI is InChI=1S/C22H14F3N3O3/c23-22(24,25)15-7-5-14(6-8-15)9-10-28-12-16(26-27-28)13-31-20-11-19(29)17-3-1-2-4-18(17)21(20)30/h1-12H,13H2/b10-9+. The average Bonchev–Trinajstić information content (AvgIpc) is 3.21. The van der Waals surface area contributed by atoms with Crippen LogP contribution < -0.4 is 0 Å². The Labute approximate surface area is 174 Å². The minimum absolute atomic E-state index is 0.0708. The summed E-state index contributed by atoms with van der Waals surface area (Å²) in [5.74, 6) is -0.767. The van der Waals surface area contributed by atoms with Gasteiger partial charge in [0.05, 0.1) is 11.8 Å². The molecule has 0 saturated carbocycles. The fourth-order valence-electron chi connectivity index (χ4n) is 2.95. The summed E-state index contributed by atoms with van der Waals surface area (Å²) in [6.45, 7) is -0.0822. The van der Waals surface area contributed by atoms with E-state index in [0.717, 1.165) is 18.2 Å². The van der Waals surface area contributed by atoms with Gasteiger partial charge in [0.2, 0.25) is 5.78 Å². The second-order valence-electron chi connectivity index (χ2n) is 6.66. The molecule has 0 spiro atoms. The van der Waals surface area contributed by atoms with Crippen LogP contribution in [0.2, 0.25) is 0 Å². The number of hydrogen-bond acceptors (Lipinski definition) is 5. The second kappa shape index (κ2) is 8.02. The van der Waals surface area contributed by atoms with E-state index in [1.165, 1.54) is 29.2 Å². The van der Waals surface area contributed by atoms with Gasteiger partial charge in [-0.25, -0.2) is 4.68 Å². The summed E-state index contributed by atoms with van der Waals surface area (Å²) in [6.07, 6.45) is 1.39. The average molecular weight is 425 g/mol. The molecule has 1 heterocycles. The highest BCUT2D eigenvalue weighted by atomic mass is 19.4. The third kappa shape index (κ3) is 4.45. The van der Waals surface area contributed by atoms with E-state index < -0.39 is 11.7 Å². The highest BCUT2D eigenvalue weighted by molar-refractivity contribution is 6.23. The molecule has 6 nitrogen and oxygen atoms in total. The Balaban J connectivity index is 1.39. The first-order valence-corrected chi connectivity index (χ1v) is 9.10. The Morgan fingerprint density at radius 1 is 1.00 bits per heavy atom. The van der Waals surface area contributed by atoms with Crippen molar-refractivity contribution in [2.24, 2.45) is 0 Å². The minimum Gasteiger partial charge on any atom is -0.483 e. The number of carbonyl (C=O) groups excluding carboxylic acids is 2. The van der Waals surface area contributed by atoms with Gasteiger partial charge in [0.15, 0.2) is 11.5 Å². The largest absolute Gasteiger partial charge is 0.483 e. The van der Waals surface area contributed by atoms with E-state index in [9.17, 15) is 22.8 Å². The number of ether oxygens (including phenoxy) is 1. The summed E-state index contributed by atoms with van der Waals surface area (Å²) in [5.41, 5.74) is 0.846. The molecule has 0 radical (unpaired) electrons. The van der Waals surface area contributed by atoms with Crippen molar-refractivity contribution in [3.63, 3.8) is 0 Å². The lowest BCUT2D eigenvalue weighted by atomic mass is 9.94. The zero-order chi connectivity index (χ0) is 22.0. The molecule has 1 aromatic heterocycles. The van der Waals surface area contributed by atoms with Crippen molar-refractivity contribution in [1.82, 2.24) is 15.0 Å². The summed E-state index contributed by atoms with van der Waals surface area (Å²) in [4.78, 5) is 24.6. The molecule has 3 aromatic rings. The smallest absolute Gasteiger partial charge is 0.416 e. The molecule has 0 atom stereocenters. The number of aromatic nitrogens is 3. The predicted molar refractivity (Wildman–Crippen MR) is 105 cm³/mol. The van der Waals surface area contributed by atoms with Crippen molar-refractivity contribution in [2.75, 3.05) is 0 Å². The molecule has 0 amide bonds. The topological polar surface area (TPSA) is 74.1 Å². The summed E-state index contributed by atoms with van der Waals surface area (Å²) >= 11 is 0. The third-order valence-electron chi connectivity index (χ3n) is 4.51. The number of ketones is 2. The van der Waals surface area contributed by atoms with Gasteiger partial charge in [-0.05, 0) is 23.8 Å². The Kier molecular flexibility index (Phi) is 5.24. The van der Waals surface area contributed by atoms with Crippen LogP contribution in [0.3, 0.4) is 0 Å². The molecule has 1 aliphatic carbocycles. The zero-order valence-electron chi connectivity index (χ0n) is 15.8. The van der Waals surface area contributed by atoms with Gasteiger partial charge in [-0.2, -0.15) is 13.2 Å². The summed E-state index contributed by atoms with van der Waals surface area (Å²) < 4.78 is 44.6. The van der Waals surface area contributed by atoms with Crippen LogP contribution in [0.1, 0.15) is 37.5 Å². The van der Waals surface area contributed by atoms with Crippen LogP contribution >= 0.6 is 0 Å². The Morgan fingerprint density at radius 3 is 2.42 bits per heavy atom. The lowest BCUT2D eigenvalue weighted by Crippen LogP contribution is -2.18. The molecule has 0 unspecified atom stereocenters. The van der Waals surface area contributed by atoms with Crippen LogP contribution in [0, 0.1) is 0 Å². The van der Waals surface area contributed by atoms with Crippen LogP contribution in [0.15, 0.2) is 66.6 Å². The van der Waals surface area contributed by atoms with E-state index >= 15 is 0 Å². The summed E-state index contributed by atoms with van der Waals surface area (Å²) in [6, 6.07) is 11.2. The molecule has 0 saturated heterocycles. The van der Waals surface area contributed by atoms with Crippen LogP contribution in [0.4, 0.5) is 13.2 Å². The van der Waals surface area contributed by atoms with Gasteiger partial charge in [0, 0.05) is 23.4 Å². The van der Waals surface area contributed by atoms with Gasteiger partial charge in [0.25, 0.3) is 0 Å². The third-order valence-corrected chi connectivity index (χ3v) is 4.51. The fourth-order valence-corrected chi connectivity index (χ4v) is 2.95. The van der Waals surface area contributed by atoms with Crippen molar-refractivity contribution in [2.45, 2.75) is 12.8 Å². The van der Waals surface area contributed by atoms with Crippen molar-refractivity contribution in [1.29, 1.82) is 0 Å². The van der Waals surface area contributed by atoms with Crippen molar-refractivity contribution in [3.05, 3.63) is 94.5 Å². The second-order valence-corrected chi connectivity index (χ2v) is 6.66. The highest BCUT2D eigenvalue weighted by Gasteiger charge is 2.30. The van der Waals surface area contributed by atoms with Crippen molar-refractivity contribution >= 4 is 23.8 Å².